The third-order valence-corrected chi connectivity index (χ3v) is 6.25. The number of carbonyl (C=O) groups is 1. The number of nitrogens with one attached hydrogen (secondary N) is 1. The zero-order chi connectivity index (χ0) is 14.7. The van der Waals surface area contributed by atoms with Gasteiger partial charge in [0.1, 0.15) is 0 Å². The summed E-state index contributed by atoms with van der Waals surface area (Å²) in [5.41, 5.74) is 0.355. The molecule has 3 heteroatoms. The average Bonchev–Trinajstić information content (AvgIpc) is 2.82. The van der Waals surface area contributed by atoms with E-state index in [1.54, 1.807) is 0 Å². The quantitative estimate of drug-likeness (QED) is 0.862. The number of ether oxygens (including phenoxy) is 1. The lowest BCUT2D eigenvalue weighted by molar-refractivity contribution is -0.124. The normalized spacial score (nSPS) is 35.8. The van der Waals surface area contributed by atoms with Gasteiger partial charge in [0.05, 0.1) is 0 Å². The minimum atomic E-state index is 0.312. The van der Waals surface area contributed by atoms with Crippen molar-refractivity contribution >= 4 is 5.91 Å². The fourth-order valence-electron chi connectivity index (χ4n) is 5.00. The monoisotopic (exact) mass is 293 g/mol. The maximum absolute atomic E-state index is 12.5. The van der Waals surface area contributed by atoms with Crippen LogP contribution < -0.4 is 5.32 Å². The predicted octanol–water partition coefficient (Wildman–Crippen LogP) is 3.67. The van der Waals surface area contributed by atoms with Crippen LogP contribution in [-0.2, 0) is 9.53 Å². The third kappa shape index (κ3) is 3.61. The largest absolute Gasteiger partial charge is 0.381 e. The first-order chi connectivity index (χ1) is 10.2. The molecule has 0 aromatic carbocycles. The molecule has 3 fully saturated rings. The molecule has 0 aromatic rings. The van der Waals surface area contributed by atoms with Crippen LogP contribution >= 0.6 is 0 Å². The number of rotatable bonds is 3. The van der Waals surface area contributed by atoms with E-state index in [0.29, 0.717) is 23.3 Å². The Balaban J connectivity index is 1.51. The van der Waals surface area contributed by atoms with Crippen molar-refractivity contribution in [3.05, 3.63) is 0 Å². The number of carbonyl (C=O) groups excluding carboxylic acids is 1. The van der Waals surface area contributed by atoms with E-state index in [9.17, 15) is 4.79 Å². The van der Waals surface area contributed by atoms with Crippen LogP contribution in [0.2, 0.25) is 0 Å². The lowest BCUT2D eigenvalue weighted by atomic mass is 9.75. The Bertz CT molecular complexity index is 362. The molecule has 21 heavy (non-hydrogen) atoms. The molecule has 3 nitrogen and oxygen atoms in total. The number of hydrogen-bond donors (Lipinski definition) is 1. The zero-order valence-corrected chi connectivity index (χ0v) is 13.5. The van der Waals surface area contributed by atoms with E-state index in [1.807, 2.05) is 0 Å². The second-order valence-electron chi connectivity index (χ2n) is 7.83. The maximum atomic E-state index is 12.5. The summed E-state index contributed by atoms with van der Waals surface area (Å²) in [7, 11) is 0. The Kier molecular flexibility index (Phi) is 4.88. The molecule has 1 amide bonds. The van der Waals surface area contributed by atoms with E-state index in [0.717, 1.165) is 38.4 Å². The summed E-state index contributed by atoms with van der Waals surface area (Å²) < 4.78 is 5.53. The van der Waals surface area contributed by atoms with Crippen molar-refractivity contribution in [2.24, 2.45) is 17.3 Å². The minimum Gasteiger partial charge on any atom is -0.381 e. The highest BCUT2D eigenvalue weighted by Crippen LogP contribution is 2.46. The van der Waals surface area contributed by atoms with Gasteiger partial charge >= 0.3 is 0 Å². The first-order valence-corrected chi connectivity index (χ1v) is 9.05. The summed E-state index contributed by atoms with van der Waals surface area (Å²) in [5.74, 6) is 1.75. The van der Waals surface area contributed by atoms with Crippen LogP contribution in [0.1, 0.15) is 71.1 Å². The molecule has 0 bridgehead atoms. The molecule has 1 N–H and O–H groups in total. The molecule has 3 aliphatic rings. The SMILES string of the molecule is C[C@@H]1CCC[C@@H](CC(=O)N[C@@H]2CCCC23CCOCC3)C1. The molecule has 1 aliphatic heterocycles. The van der Waals surface area contributed by atoms with Crippen LogP contribution in [0.25, 0.3) is 0 Å². The van der Waals surface area contributed by atoms with E-state index in [1.165, 1.54) is 44.9 Å². The standard InChI is InChI=1S/C18H31NO2/c1-14-4-2-5-15(12-14)13-17(20)19-16-6-3-7-18(16)8-10-21-11-9-18/h14-16H,2-13H2,1H3,(H,19,20)/t14-,15-,16-/m1/s1. The molecule has 1 spiro atoms. The van der Waals surface area contributed by atoms with Crippen molar-refractivity contribution in [3.63, 3.8) is 0 Å². The average molecular weight is 293 g/mol. The topological polar surface area (TPSA) is 38.3 Å². The van der Waals surface area contributed by atoms with Gasteiger partial charge in [0, 0.05) is 25.7 Å². The van der Waals surface area contributed by atoms with Crippen LogP contribution in [0, 0.1) is 17.3 Å². The van der Waals surface area contributed by atoms with E-state index < -0.39 is 0 Å². The smallest absolute Gasteiger partial charge is 0.220 e. The highest BCUT2D eigenvalue weighted by Gasteiger charge is 2.44. The second-order valence-corrected chi connectivity index (χ2v) is 7.83. The van der Waals surface area contributed by atoms with Crippen LogP contribution in [0.5, 0.6) is 0 Å². The molecule has 1 saturated heterocycles. The molecule has 0 radical (unpaired) electrons. The Morgan fingerprint density at radius 1 is 1.14 bits per heavy atom. The van der Waals surface area contributed by atoms with Gasteiger partial charge in [0.2, 0.25) is 5.91 Å². The molecule has 2 aliphatic carbocycles. The molecule has 3 rings (SSSR count). The maximum Gasteiger partial charge on any atom is 0.220 e. The van der Waals surface area contributed by atoms with Gasteiger partial charge in [-0.1, -0.05) is 26.2 Å². The van der Waals surface area contributed by atoms with Crippen molar-refractivity contribution in [2.45, 2.75) is 77.2 Å². The lowest BCUT2D eigenvalue weighted by Crippen LogP contribution is -2.47. The van der Waals surface area contributed by atoms with E-state index in [2.05, 4.69) is 12.2 Å². The van der Waals surface area contributed by atoms with Crippen molar-refractivity contribution in [3.8, 4) is 0 Å². The highest BCUT2D eigenvalue weighted by atomic mass is 16.5. The first-order valence-electron chi connectivity index (χ1n) is 9.05. The van der Waals surface area contributed by atoms with Crippen molar-refractivity contribution in [2.75, 3.05) is 13.2 Å². The van der Waals surface area contributed by atoms with Gasteiger partial charge in [0.15, 0.2) is 0 Å². The molecule has 0 unspecified atom stereocenters. The van der Waals surface area contributed by atoms with E-state index in [4.69, 9.17) is 4.74 Å². The number of hydrogen-bond acceptors (Lipinski definition) is 2. The summed E-state index contributed by atoms with van der Waals surface area (Å²) in [4.78, 5) is 12.5. The van der Waals surface area contributed by atoms with Crippen LogP contribution in [0.4, 0.5) is 0 Å². The van der Waals surface area contributed by atoms with Crippen molar-refractivity contribution in [1.29, 1.82) is 0 Å². The lowest BCUT2D eigenvalue weighted by Gasteiger charge is -2.39. The summed E-state index contributed by atoms with van der Waals surface area (Å²) in [5, 5.41) is 3.41. The van der Waals surface area contributed by atoms with Gasteiger partial charge in [-0.25, -0.2) is 0 Å². The van der Waals surface area contributed by atoms with E-state index in [-0.39, 0.29) is 0 Å². The van der Waals surface area contributed by atoms with Gasteiger partial charge in [-0.2, -0.15) is 0 Å². The second kappa shape index (κ2) is 6.68. The highest BCUT2D eigenvalue weighted by molar-refractivity contribution is 5.76. The van der Waals surface area contributed by atoms with E-state index >= 15 is 0 Å². The van der Waals surface area contributed by atoms with Gasteiger partial charge in [-0.05, 0) is 55.8 Å². The summed E-state index contributed by atoms with van der Waals surface area (Å²) in [6.07, 6.45) is 11.9. The van der Waals surface area contributed by atoms with Gasteiger partial charge < -0.3 is 10.1 Å². The van der Waals surface area contributed by atoms with Gasteiger partial charge in [-0.3, -0.25) is 4.79 Å². The Labute approximate surface area is 129 Å². The Morgan fingerprint density at radius 2 is 1.95 bits per heavy atom. The predicted molar refractivity (Wildman–Crippen MR) is 84.0 cm³/mol. The molecular formula is C18H31NO2. The molecule has 2 saturated carbocycles. The minimum absolute atomic E-state index is 0.312. The number of amides is 1. The Morgan fingerprint density at radius 3 is 2.71 bits per heavy atom. The summed E-state index contributed by atoms with van der Waals surface area (Å²) in [6, 6.07) is 0.412. The van der Waals surface area contributed by atoms with Crippen molar-refractivity contribution < 1.29 is 9.53 Å². The fourth-order valence-corrected chi connectivity index (χ4v) is 5.00. The molecule has 0 aromatic heterocycles. The molecule has 1 heterocycles. The fraction of sp³-hybridized carbons (Fsp3) is 0.944. The van der Waals surface area contributed by atoms with Crippen LogP contribution in [0.15, 0.2) is 0 Å². The first kappa shape index (κ1) is 15.3. The van der Waals surface area contributed by atoms with Crippen LogP contribution in [0.3, 0.4) is 0 Å². The summed E-state index contributed by atoms with van der Waals surface area (Å²) >= 11 is 0. The molecule has 120 valence electrons. The third-order valence-electron chi connectivity index (χ3n) is 6.25. The molecular weight excluding hydrogens is 262 g/mol. The Hall–Kier alpha value is -0.570. The van der Waals surface area contributed by atoms with Crippen LogP contribution in [-0.4, -0.2) is 25.2 Å². The van der Waals surface area contributed by atoms with Crippen molar-refractivity contribution in [1.82, 2.24) is 5.32 Å². The van der Waals surface area contributed by atoms with Gasteiger partial charge in [0.25, 0.3) is 0 Å². The van der Waals surface area contributed by atoms with Gasteiger partial charge in [-0.15, -0.1) is 0 Å². The zero-order valence-electron chi connectivity index (χ0n) is 13.5. The summed E-state index contributed by atoms with van der Waals surface area (Å²) in [6.45, 7) is 4.09. The molecule has 3 atom stereocenters.